The van der Waals surface area contributed by atoms with Gasteiger partial charge in [-0.3, -0.25) is 14.4 Å². The molecule has 0 bridgehead atoms. The number of imide groups is 1. The van der Waals surface area contributed by atoms with Crippen molar-refractivity contribution in [1.82, 2.24) is 0 Å². The molecule has 4 rings (SSSR count). The fourth-order valence-corrected chi connectivity index (χ4v) is 3.30. The number of hydrogen-bond acceptors (Lipinski definition) is 4. The van der Waals surface area contributed by atoms with E-state index in [0.717, 1.165) is 4.90 Å². The first kappa shape index (κ1) is 15.7. The Morgan fingerprint density at radius 1 is 0.846 bits per heavy atom. The number of carboxylic acids is 1. The number of nitrogens with zero attached hydrogens (tertiary/aromatic N) is 1. The van der Waals surface area contributed by atoms with Gasteiger partial charge in [0.2, 0.25) is 0 Å². The Balaban J connectivity index is 2.08. The summed E-state index contributed by atoms with van der Waals surface area (Å²) in [7, 11) is 0. The molecule has 0 aliphatic carbocycles. The van der Waals surface area contributed by atoms with Gasteiger partial charge in [0.1, 0.15) is 0 Å². The number of carboxylic acid groups (broad SMARTS) is 1. The second-order valence-corrected chi connectivity index (χ2v) is 5.82. The van der Waals surface area contributed by atoms with Gasteiger partial charge in [-0.05, 0) is 30.3 Å². The van der Waals surface area contributed by atoms with E-state index in [9.17, 15) is 24.3 Å². The van der Waals surface area contributed by atoms with Crippen molar-refractivity contribution in [3.05, 3.63) is 76.9 Å². The summed E-state index contributed by atoms with van der Waals surface area (Å²) in [4.78, 5) is 49.9. The molecule has 3 aromatic rings. The number of amides is 2. The zero-order chi connectivity index (χ0) is 18.4. The average Bonchev–Trinajstić information content (AvgIpc) is 2.66. The van der Waals surface area contributed by atoms with Crippen LogP contribution >= 0.6 is 0 Å². The van der Waals surface area contributed by atoms with E-state index in [1.165, 1.54) is 24.3 Å². The highest BCUT2D eigenvalue weighted by atomic mass is 16.4. The quantitative estimate of drug-likeness (QED) is 0.581. The van der Waals surface area contributed by atoms with Gasteiger partial charge in [-0.2, -0.15) is 0 Å². The maximum absolute atomic E-state index is 13.0. The standard InChI is InChI=1S/C20H11NO5/c22-10-11-6-7-13-17-14(8-9-15(16(11)17)20(25)26)19(24)21(18(13)23)12-4-2-1-3-5-12/h1-10H,(H,25,26). The van der Waals surface area contributed by atoms with E-state index in [-0.39, 0.29) is 33.0 Å². The molecule has 6 heteroatoms. The number of carbonyl (C=O) groups is 4. The lowest BCUT2D eigenvalue weighted by Gasteiger charge is -2.28. The van der Waals surface area contributed by atoms with Gasteiger partial charge in [0, 0.05) is 27.5 Å². The smallest absolute Gasteiger partial charge is 0.336 e. The summed E-state index contributed by atoms with van der Waals surface area (Å²) in [6.45, 7) is 0. The maximum Gasteiger partial charge on any atom is 0.336 e. The number of rotatable bonds is 3. The topological polar surface area (TPSA) is 91.8 Å². The summed E-state index contributed by atoms with van der Waals surface area (Å²) < 4.78 is 0. The van der Waals surface area contributed by atoms with Crippen LogP contribution < -0.4 is 4.90 Å². The van der Waals surface area contributed by atoms with E-state index in [1.807, 2.05) is 0 Å². The lowest BCUT2D eigenvalue weighted by Crippen LogP contribution is -2.40. The van der Waals surface area contributed by atoms with Crippen molar-refractivity contribution in [2.45, 2.75) is 0 Å². The van der Waals surface area contributed by atoms with Crippen molar-refractivity contribution in [1.29, 1.82) is 0 Å². The second kappa shape index (κ2) is 5.63. The van der Waals surface area contributed by atoms with Crippen LogP contribution in [0.1, 0.15) is 41.4 Å². The van der Waals surface area contributed by atoms with Crippen molar-refractivity contribution in [3.63, 3.8) is 0 Å². The number of aromatic carboxylic acids is 1. The number of carbonyl (C=O) groups excluding carboxylic acids is 3. The molecule has 2 amide bonds. The summed E-state index contributed by atoms with van der Waals surface area (Å²) in [5.74, 6) is -2.35. The molecule has 126 valence electrons. The zero-order valence-electron chi connectivity index (χ0n) is 13.3. The van der Waals surface area contributed by atoms with Crippen molar-refractivity contribution < 1.29 is 24.3 Å². The van der Waals surface area contributed by atoms with Crippen LogP contribution in [0.3, 0.4) is 0 Å². The molecule has 1 heterocycles. The molecule has 0 saturated heterocycles. The lowest BCUT2D eigenvalue weighted by atomic mass is 9.88. The third-order valence-electron chi connectivity index (χ3n) is 4.43. The molecule has 0 spiro atoms. The Bertz CT molecular complexity index is 1100. The number of aldehydes is 1. The van der Waals surface area contributed by atoms with Gasteiger partial charge in [-0.15, -0.1) is 0 Å². The fourth-order valence-electron chi connectivity index (χ4n) is 3.30. The highest BCUT2D eigenvalue weighted by molar-refractivity contribution is 6.37. The summed E-state index contributed by atoms with van der Waals surface area (Å²) >= 11 is 0. The van der Waals surface area contributed by atoms with Gasteiger partial charge in [0.05, 0.1) is 11.3 Å². The van der Waals surface area contributed by atoms with Crippen molar-refractivity contribution in [3.8, 4) is 0 Å². The SMILES string of the molecule is O=Cc1ccc2c3c(ccc(C(=O)O)c13)C(=O)N(c1ccccc1)C2=O. The molecule has 0 aromatic heterocycles. The molecule has 3 aromatic carbocycles. The van der Waals surface area contributed by atoms with Gasteiger partial charge in [0.25, 0.3) is 11.8 Å². The van der Waals surface area contributed by atoms with E-state index in [4.69, 9.17) is 0 Å². The maximum atomic E-state index is 13.0. The van der Waals surface area contributed by atoms with Crippen LogP contribution in [-0.2, 0) is 0 Å². The molecule has 1 aliphatic heterocycles. The van der Waals surface area contributed by atoms with Crippen LogP contribution in [0.5, 0.6) is 0 Å². The number of anilines is 1. The molecule has 1 N–H and O–H groups in total. The molecular formula is C20H11NO5. The normalized spacial score (nSPS) is 13.2. The molecule has 6 nitrogen and oxygen atoms in total. The van der Waals surface area contributed by atoms with Gasteiger partial charge < -0.3 is 5.11 Å². The van der Waals surface area contributed by atoms with Crippen molar-refractivity contribution >= 4 is 40.5 Å². The summed E-state index contributed by atoms with van der Waals surface area (Å²) in [6, 6.07) is 14.0. The van der Waals surface area contributed by atoms with Gasteiger partial charge in [0.15, 0.2) is 6.29 Å². The summed E-state index contributed by atoms with van der Waals surface area (Å²) in [6.07, 6.45) is 0.522. The third kappa shape index (κ3) is 2.05. The highest BCUT2D eigenvalue weighted by Crippen LogP contribution is 2.35. The van der Waals surface area contributed by atoms with E-state index < -0.39 is 17.8 Å². The molecule has 0 radical (unpaired) electrons. The van der Waals surface area contributed by atoms with Crippen LogP contribution in [0.2, 0.25) is 0 Å². The Hall–Kier alpha value is -3.80. The largest absolute Gasteiger partial charge is 0.478 e. The van der Waals surface area contributed by atoms with Gasteiger partial charge in [-0.1, -0.05) is 24.3 Å². The number of benzene rings is 3. The first-order valence-corrected chi connectivity index (χ1v) is 7.76. The molecule has 1 aliphatic rings. The Labute approximate surface area is 147 Å². The van der Waals surface area contributed by atoms with Crippen LogP contribution in [0.4, 0.5) is 5.69 Å². The second-order valence-electron chi connectivity index (χ2n) is 5.82. The van der Waals surface area contributed by atoms with E-state index >= 15 is 0 Å². The summed E-state index contributed by atoms with van der Waals surface area (Å²) in [5.41, 5.74) is 0.792. The number of hydrogen-bond donors (Lipinski definition) is 1. The fraction of sp³-hybridized carbons (Fsp3) is 0. The molecule has 0 fully saturated rings. The van der Waals surface area contributed by atoms with Crippen molar-refractivity contribution in [2.24, 2.45) is 0 Å². The minimum Gasteiger partial charge on any atom is -0.478 e. The monoisotopic (exact) mass is 345 g/mol. The molecule has 0 unspecified atom stereocenters. The highest BCUT2D eigenvalue weighted by Gasteiger charge is 2.35. The third-order valence-corrected chi connectivity index (χ3v) is 4.43. The Morgan fingerprint density at radius 2 is 1.46 bits per heavy atom. The Kier molecular flexibility index (Phi) is 3.40. The first-order valence-electron chi connectivity index (χ1n) is 7.76. The lowest BCUT2D eigenvalue weighted by molar-refractivity contribution is 0.0697. The van der Waals surface area contributed by atoms with E-state index in [2.05, 4.69) is 0 Å². The minimum atomic E-state index is -1.23. The number of para-hydroxylation sites is 1. The Morgan fingerprint density at radius 3 is 2.04 bits per heavy atom. The minimum absolute atomic E-state index is 0.108. The molecule has 26 heavy (non-hydrogen) atoms. The molecule has 0 atom stereocenters. The van der Waals surface area contributed by atoms with E-state index in [1.54, 1.807) is 30.3 Å². The van der Waals surface area contributed by atoms with Gasteiger partial charge in [-0.25, -0.2) is 9.69 Å². The van der Waals surface area contributed by atoms with Crippen molar-refractivity contribution in [2.75, 3.05) is 4.90 Å². The van der Waals surface area contributed by atoms with Gasteiger partial charge >= 0.3 is 5.97 Å². The van der Waals surface area contributed by atoms with E-state index in [0.29, 0.717) is 12.0 Å². The van der Waals surface area contributed by atoms with Crippen LogP contribution in [0, 0.1) is 0 Å². The average molecular weight is 345 g/mol. The molecule has 0 saturated carbocycles. The van der Waals surface area contributed by atoms with Crippen LogP contribution in [-0.4, -0.2) is 29.2 Å². The predicted octanol–water partition coefficient (Wildman–Crippen LogP) is 3.15. The van der Waals surface area contributed by atoms with Crippen LogP contribution in [0.15, 0.2) is 54.6 Å². The summed E-state index contributed by atoms with van der Waals surface area (Å²) in [5, 5.41) is 9.75. The predicted molar refractivity (Wildman–Crippen MR) is 93.9 cm³/mol. The zero-order valence-corrected chi connectivity index (χ0v) is 13.3. The van der Waals surface area contributed by atoms with Crippen LogP contribution in [0.25, 0.3) is 10.8 Å². The first-order chi connectivity index (χ1) is 12.5. The molecular weight excluding hydrogens is 334 g/mol.